The topological polar surface area (TPSA) is 59.0 Å². The van der Waals surface area contributed by atoms with E-state index in [9.17, 15) is 0 Å². The monoisotopic (exact) mass is 250 g/mol. The molecule has 0 saturated carbocycles. The molecule has 0 aromatic heterocycles. The van der Waals surface area contributed by atoms with Gasteiger partial charge in [0, 0.05) is 10.6 Å². The number of halogens is 1. The van der Waals surface area contributed by atoms with Crippen LogP contribution in [0.25, 0.3) is 5.70 Å². The fraction of sp³-hybridized carbons (Fsp3) is 0.308. The molecule has 3 nitrogen and oxygen atoms in total. The molecule has 17 heavy (non-hydrogen) atoms. The second kappa shape index (κ2) is 6.17. The maximum Gasteiger partial charge on any atom is 0.129 e. The Hall–Kier alpha value is -1.66. The lowest BCUT2D eigenvalue weighted by Gasteiger charge is -2.10. The fourth-order valence-corrected chi connectivity index (χ4v) is 1.71. The maximum atomic E-state index is 9.05. The van der Waals surface area contributed by atoms with Crippen molar-refractivity contribution in [2.45, 2.75) is 19.8 Å². The number of nitrogens with two attached hydrogens (primary N) is 1. The molecule has 1 aromatic rings. The Bertz CT molecular complexity index is 475. The molecule has 0 aliphatic carbocycles. The normalized spacial score (nSPS) is 11.6. The Morgan fingerprint density at radius 3 is 2.76 bits per heavy atom. The molecule has 0 bridgehead atoms. The van der Waals surface area contributed by atoms with Crippen LogP contribution in [0.1, 0.15) is 25.3 Å². The van der Waals surface area contributed by atoms with Crippen molar-refractivity contribution in [3.63, 3.8) is 0 Å². The van der Waals surface area contributed by atoms with Crippen molar-refractivity contribution in [2.75, 3.05) is 7.11 Å². The highest BCUT2D eigenvalue weighted by molar-refractivity contribution is 6.30. The average Bonchev–Trinajstić information content (AvgIpc) is 2.34. The summed E-state index contributed by atoms with van der Waals surface area (Å²) >= 11 is 5.87. The highest BCUT2D eigenvalue weighted by Gasteiger charge is 2.10. The van der Waals surface area contributed by atoms with Gasteiger partial charge in [-0.05, 0) is 24.6 Å². The first-order valence-electron chi connectivity index (χ1n) is 5.36. The van der Waals surface area contributed by atoms with Gasteiger partial charge in [-0.2, -0.15) is 5.26 Å². The van der Waals surface area contributed by atoms with Crippen LogP contribution >= 0.6 is 11.6 Å². The summed E-state index contributed by atoms with van der Waals surface area (Å²) in [5.41, 5.74) is 7.74. The third-order valence-electron chi connectivity index (χ3n) is 2.41. The van der Waals surface area contributed by atoms with Gasteiger partial charge in [-0.15, -0.1) is 0 Å². The highest BCUT2D eigenvalue weighted by Crippen LogP contribution is 2.29. The van der Waals surface area contributed by atoms with E-state index in [0.717, 1.165) is 6.42 Å². The van der Waals surface area contributed by atoms with Crippen molar-refractivity contribution < 1.29 is 4.74 Å². The van der Waals surface area contributed by atoms with Crippen molar-refractivity contribution in [1.82, 2.24) is 0 Å². The lowest BCUT2D eigenvalue weighted by molar-refractivity contribution is 0.413. The van der Waals surface area contributed by atoms with E-state index in [0.29, 0.717) is 34.0 Å². The van der Waals surface area contributed by atoms with E-state index in [-0.39, 0.29) is 0 Å². The molecular formula is C13H15ClN2O. The highest BCUT2D eigenvalue weighted by atomic mass is 35.5. The Kier molecular flexibility index (Phi) is 4.86. The Morgan fingerprint density at radius 1 is 1.53 bits per heavy atom. The first-order valence-corrected chi connectivity index (χ1v) is 5.74. The molecule has 1 aromatic carbocycles. The van der Waals surface area contributed by atoms with E-state index in [1.165, 1.54) is 0 Å². The number of nitrogens with zero attached hydrogens (tertiary/aromatic N) is 1. The molecule has 0 saturated heterocycles. The van der Waals surface area contributed by atoms with E-state index in [4.69, 9.17) is 27.3 Å². The standard InChI is InChI=1S/C13H15ClN2O/c1-3-4-9(8-15)13(16)11-6-5-10(14)7-12(11)17-2/h5-7H,3-4,16H2,1-2H3/b13-9-. The minimum Gasteiger partial charge on any atom is -0.496 e. The van der Waals surface area contributed by atoms with Gasteiger partial charge in [0.05, 0.1) is 24.4 Å². The van der Waals surface area contributed by atoms with Crippen LogP contribution in [0.2, 0.25) is 5.02 Å². The molecule has 0 unspecified atom stereocenters. The molecule has 2 N–H and O–H groups in total. The maximum absolute atomic E-state index is 9.05. The Balaban J connectivity index is 3.28. The van der Waals surface area contributed by atoms with E-state index in [1.807, 2.05) is 6.92 Å². The number of ether oxygens (including phenoxy) is 1. The lowest BCUT2D eigenvalue weighted by Crippen LogP contribution is -2.03. The van der Waals surface area contributed by atoms with Gasteiger partial charge in [0.2, 0.25) is 0 Å². The first kappa shape index (κ1) is 13.4. The molecule has 0 heterocycles. The first-order chi connectivity index (χ1) is 8.13. The van der Waals surface area contributed by atoms with E-state index < -0.39 is 0 Å². The van der Waals surface area contributed by atoms with Crippen LogP contribution in [0.4, 0.5) is 0 Å². The molecule has 0 atom stereocenters. The van der Waals surface area contributed by atoms with Gasteiger partial charge in [-0.3, -0.25) is 0 Å². The van der Waals surface area contributed by atoms with Crippen molar-refractivity contribution >= 4 is 17.3 Å². The zero-order chi connectivity index (χ0) is 12.8. The molecule has 4 heteroatoms. The zero-order valence-electron chi connectivity index (χ0n) is 9.96. The number of benzene rings is 1. The summed E-state index contributed by atoms with van der Waals surface area (Å²) < 4.78 is 5.21. The summed E-state index contributed by atoms with van der Waals surface area (Å²) in [5, 5.41) is 9.63. The van der Waals surface area contributed by atoms with E-state index >= 15 is 0 Å². The van der Waals surface area contributed by atoms with Gasteiger partial charge in [-0.25, -0.2) is 0 Å². The second-order valence-corrected chi connectivity index (χ2v) is 4.04. The van der Waals surface area contributed by atoms with Crippen LogP contribution in [0.15, 0.2) is 23.8 Å². The van der Waals surface area contributed by atoms with Crippen molar-refractivity contribution in [3.05, 3.63) is 34.4 Å². The van der Waals surface area contributed by atoms with Crippen LogP contribution in [-0.2, 0) is 0 Å². The van der Waals surface area contributed by atoms with Crippen LogP contribution in [0.3, 0.4) is 0 Å². The number of hydrogen-bond acceptors (Lipinski definition) is 3. The molecule has 1 rings (SSSR count). The summed E-state index contributed by atoms with van der Waals surface area (Å²) in [6.45, 7) is 2.00. The largest absolute Gasteiger partial charge is 0.496 e. The fourth-order valence-electron chi connectivity index (χ4n) is 1.55. The summed E-state index contributed by atoms with van der Waals surface area (Å²) in [6.07, 6.45) is 1.54. The van der Waals surface area contributed by atoms with Crippen molar-refractivity contribution in [2.24, 2.45) is 5.73 Å². The van der Waals surface area contributed by atoms with Crippen molar-refractivity contribution in [3.8, 4) is 11.8 Å². The molecule has 0 fully saturated rings. The molecule has 0 spiro atoms. The number of methoxy groups -OCH3 is 1. The number of hydrogen-bond donors (Lipinski definition) is 1. The van der Waals surface area contributed by atoms with Gasteiger partial charge < -0.3 is 10.5 Å². The van der Waals surface area contributed by atoms with Crippen LogP contribution < -0.4 is 10.5 Å². The SMILES string of the molecule is CCC/C(C#N)=C(/N)c1ccc(Cl)cc1OC. The minimum absolute atomic E-state index is 0.461. The summed E-state index contributed by atoms with van der Waals surface area (Å²) in [5.74, 6) is 0.582. The summed E-state index contributed by atoms with van der Waals surface area (Å²) in [4.78, 5) is 0. The Morgan fingerprint density at radius 2 is 2.24 bits per heavy atom. The molecule has 0 radical (unpaired) electrons. The van der Waals surface area contributed by atoms with Gasteiger partial charge in [0.25, 0.3) is 0 Å². The lowest BCUT2D eigenvalue weighted by atomic mass is 10.0. The van der Waals surface area contributed by atoms with Crippen molar-refractivity contribution in [1.29, 1.82) is 5.26 Å². The van der Waals surface area contributed by atoms with Gasteiger partial charge in [-0.1, -0.05) is 24.9 Å². The summed E-state index contributed by atoms with van der Waals surface area (Å²) in [6, 6.07) is 7.32. The summed E-state index contributed by atoms with van der Waals surface area (Å²) in [7, 11) is 1.55. The van der Waals surface area contributed by atoms with Crippen LogP contribution in [0.5, 0.6) is 5.75 Å². The Labute approximate surface area is 106 Å². The van der Waals surface area contributed by atoms with Crippen LogP contribution in [0, 0.1) is 11.3 Å². The molecule has 0 aliphatic heterocycles. The predicted molar refractivity (Wildman–Crippen MR) is 69.6 cm³/mol. The zero-order valence-corrected chi connectivity index (χ0v) is 10.7. The van der Waals surface area contributed by atoms with Crippen LogP contribution in [-0.4, -0.2) is 7.11 Å². The quantitative estimate of drug-likeness (QED) is 0.834. The van der Waals surface area contributed by atoms with E-state index in [2.05, 4.69) is 6.07 Å². The van der Waals surface area contributed by atoms with E-state index in [1.54, 1.807) is 25.3 Å². The average molecular weight is 251 g/mol. The third-order valence-corrected chi connectivity index (χ3v) is 2.65. The molecule has 0 aliphatic rings. The predicted octanol–water partition coefficient (Wildman–Crippen LogP) is 3.34. The molecule has 90 valence electrons. The number of rotatable bonds is 4. The minimum atomic E-state index is 0.461. The number of nitriles is 1. The van der Waals surface area contributed by atoms with Gasteiger partial charge in [0.15, 0.2) is 0 Å². The number of allylic oxidation sites excluding steroid dienone is 1. The smallest absolute Gasteiger partial charge is 0.129 e. The molecular weight excluding hydrogens is 236 g/mol. The molecule has 0 amide bonds. The third kappa shape index (κ3) is 3.15. The van der Waals surface area contributed by atoms with Gasteiger partial charge >= 0.3 is 0 Å². The second-order valence-electron chi connectivity index (χ2n) is 3.60. The van der Waals surface area contributed by atoms with Gasteiger partial charge in [0.1, 0.15) is 5.75 Å².